The minimum atomic E-state index is -4.52. The Balaban J connectivity index is 2.03. The molecule has 0 saturated carbocycles. The highest BCUT2D eigenvalue weighted by atomic mass is 32.2. The van der Waals surface area contributed by atoms with Crippen molar-refractivity contribution < 1.29 is 23.1 Å². The van der Waals surface area contributed by atoms with Crippen molar-refractivity contribution in [3.63, 3.8) is 0 Å². The molecule has 25 heavy (non-hydrogen) atoms. The summed E-state index contributed by atoms with van der Waals surface area (Å²) < 4.78 is 39.9. The SMILES string of the molecule is O=C(O)C1CSC(Nc2ccccc2C(F)(F)F)(c2ccccc2)N1. The van der Waals surface area contributed by atoms with Crippen molar-refractivity contribution in [1.29, 1.82) is 0 Å². The van der Waals surface area contributed by atoms with Gasteiger partial charge < -0.3 is 10.4 Å². The van der Waals surface area contributed by atoms with Gasteiger partial charge in [0.15, 0.2) is 4.99 Å². The van der Waals surface area contributed by atoms with Gasteiger partial charge in [0.2, 0.25) is 0 Å². The Morgan fingerprint density at radius 3 is 2.40 bits per heavy atom. The molecule has 1 fully saturated rings. The third kappa shape index (κ3) is 3.59. The van der Waals surface area contributed by atoms with E-state index in [0.717, 1.165) is 6.07 Å². The van der Waals surface area contributed by atoms with Crippen LogP contribution in [0.1, 0.15) is 11.1 Å². The number of carboxylic acid groups (broad SMARTS) is 1. The smallest absolute Gasteiger partial charge is 0.418 e. The van der Waals surface area contributed by atoms with Gasteiger partial charge in [-0.25, -0.2) is 0 Å². The van der Waals surface area contributed by atoms with Crippen LogP contribution in [0.3, 0.4) is 0 Å². The molecular weight excluding hydrogens is 353 g/mol. The Hall–Kier alpha value is -2.19. The van der Waals surface area contributed by atoms with Crippen LogP contribution in [0.15, 0.2) is 54.6 Å². The molecule has 0 spiro atoms. The summed E-state index contributed by atoms with van der Waals surface area (Å²) in [4.78, 5) is 10.2. The zero-order valence-corrected chi connectivity index (χ0v) is 13.7. The number of thioether (sulfide) groups is 1. The molecule has 1 aliphatic rings. The molecule has 8 heteroatoms. The monoisotopic (exact) mass is 368 g/mol. The van der Waals surface area contributed by atoms with Crippen LogP contribution in [-0.2, 0) is 16.0 Å². The predicted octanol–water partition coefficient (Wildman–Crippen LogP) is 3.72. The standard InChI is InChI=1S/C17H15F3N2O2S/c18-16(19,20)12-8-4-5-9-13(12)21-17(11-6-2-1-3-7-11)22-14(10-25-17)15(23)24/h1-9,14,21-22H,10H2,(H,23,24). The number of anilines is 1. The minimum Gasteiger partial charge on any atom is -0.480 e. The first-order chi connectivity index (χ1) is 11.8. The van der Waals surface area contributed by atoms with E-state index in [-0.39, 0.29) is 11.4 Å². The summed E-state index contributed by atoms with van der Waals surface area (Å²) in [6, 6.07) is 13.1. The fourth-order valence-corrected chi connectivity index (χ4v) is 4.04. The van der Waals surface area contributed by atoms with Crippen LogP contribution in [-0.4, -0.2) is 22.9 Å². The van der Waals surface area contributed by atoms with Crippen LogP contribution >= 0.6 is 11.8 Å². The van der Waals surface area contributed by atoms with Gasteiger partial charge in [-0.05, 0) is 12.1 Å². The summed E-state index contributed by atoms with van der Waals surface area (Å²) in [6.45, 7) is 0. The van der Waals surface area contributed by atoms with Gasteiger partial charge in [-0.2, -0.15) is 13.2 Å². The number of alkyl halides is 3. The quantitative estimate of drug-likeness (QED) is 0.768. The van der Waals surface area contributed by atoms with Crippen molar-refractivity contribution in [2.75, 3.05) is 11.1 Å². The van der Waals surface area contributed by atoms with E-state index >= 15 is 0 Å². The topological polar surface area (TPSA) is 61.4 Å². The highest BCUT2D eigenvalue weighted by Gasteiger charge is 2.45. The number of aliphatic carboxylic acids is 1. The molecule has 2 unspecified atom stereocenters. The first kappa shape index (κ1) is 17.6. The Morgan fingerprint density at radius 1 is 1.16 bits per heavy atom. The predicted molar refractivity (Wildman–Crippen MR) is 90.2 cm³/mol. The third-order valence-corrected chi connectivity index (χ3v) is 5.25. The fraction of sp³-hybridized carbons (Fsp3) is 0.235. The van der Waals surface area contributed by atoms with Crippen molar-refractivity contribution in [3.8, 4) is 0 Å². The number of benzene rings is 2. The van der Waals surface area contributed by atoms with E-state index < -0.39 is 28.7 Å². The maximum atomic E-state index is 13.3. The van der Waals surface area contributed by atoms with Crippen LogP contribution in [0.5, 0.6) is 0 Å². The van der Waals surface area contributed by atoms with E-state index in [1.165, 1.54) is 30.0 Å². The lowest BCUT2D eigenvalue weighted by Gasteiger charge is -2.33. The molecule has 2 aromatic rings. The number of rotatable bonds is 4. The molecule has 3 rings (SSSR count). The molecule has 2 atom stereocenters. The minimum absolute atomic E-state index is 0.107. The normalized spacial score (nSPS) is 23.4. The largest absolute Gasteiger partial charge is 0.480 e. The third-order valence-electron chi connectivity index (χ3n) is 3.87. The van der Waals surface area contributed by atoms with Crippen molar-refractivity contribution in [2.45, 2.75) is 17.2 Å². The molecule has 0 radical (unpaired) electrons. The number of hydrogen-bond acceptors (Lipinski definition) is 4. The van der Waals surface area contributed by atoms with E-state index in [4.69, 9.17) is 0 Å². The highest BCUT2D eigenvalue weighted by Crippen LogP contribution is 2.43. The van der Waals surface area contributed by atoms with Gasteiger partial charge in [0.25, 0.3) is 0 Å². The maximum absolute atomic E-state index is 13.3. The fourth-order valence-electron chi connectivity index (χ4n) is 2.68. The molecule has 1 heterocycles. The highest BCUT2D eigenvalue weighted by molar-refractivity contribution is 8.00. The van der Waals surface area contributed by atoms with Crippen LogP contribution in [0.4, 0.5) is 18.9 Å². The zero-order valence-electron chi connectivity index (χ0n) is 12.9. The van der Waals surface area contributed by atoms with Gasteiger partial charge >= 0.3 is 12.1 Å². The maximum Gasteiger partial charge on any atom is 0.418 e. The molecule has 0 amide bonds. The van der Waals surface area contributed by atoms with Gasteiger partial charge in [-0.1, -0.05) is 42.5 Å². The number of hydrogen-bond donors (Lipinski definition) is 3. The second-order valence-corrected chi connectivity index (χ2v) is 6.80. The zero-order chi connectivity index (χ0) is 18.1. The molecule has 1 aliphatic heterocycles. The summed E-state index contributed by atoms with van der Waals surface area (Å²) in [5.74, 6) is -0.818. The molecule has 4 nitrogen and oxygen atoms in total. The molecule has 1 saturated heterocycles. The lowest BCUT2D eigenvalue weighted by atomic mass is 10.1. The Kier molecular flexibility index (Phi) is 4.66. The molecule has 0 aliphatic carbocycles. The molecule has 2 aromatic carbocycles. The molecule has 0 bridgehead atoms. The summed E-state index contributed by atoms with van der Waals surface area (Å²) in [5, 5.41) is 15.1. The number of para-hydroxylation sites is 1. The van der Waals surface area contributed by atoms with E-state index in [0.29, 0.717) is 5.56 Å². The first-order valence-electron chi connectivity index (χ1n) is 7.46. The van der Waals surface area contributed by atoms with Crippen LogP contribution in [0.25, 0.3) is 0 Å². The van der Waals surface area contributed by atoms with Crippen molar-refractivity contribution >= 4 is 23.4 Å². The van der Waals surface area contributed by atoms with E-state index in [1.54, 1.807) is 30.3 Å². The average Bonchev–Trinajstić information content (AvgIpc) is 3.01. The Bertz CT molecular complexity index is 770. The summed E-state index contributed by atoms with van der Waals surface area (Å²) in [6.07, 6.45) is -4.52. The summed E-state index contributed by atoms with van der Waals surface area (Å²) in [7, 11) is 0. The number of halogens is 3. The van der Waals surface area contributed by atoms with Crippen molar-refractivity contribution in [1.82, 2.24) is 5.32 Å². The number of carbonyl (C=O) groups is 1. The van der Waals surface area contributed by atoms with Gasteiger partial charge in [0.05, 0.1) is 5.56 Å². The van der Waals surface area contributed by atoms with Gasteiger partial charge in [-0.15, -0.1) is 11.8 Å². The lowest BCUT2D eigenvalue weighted by molar-refractivity contribution is -0.139. The molecular formula is C17H15F3N2O2S. The van der Waals surface area contributed by atoms with Crippen LogP contribution < -0.4 is 10.6 Å². The Labute approximate surface area is 146 Å². The Morgan fingerprint density at radius 2 is 1.80 bits per heavy atom. The van der Waals surface area contributed by atoms with Gasteiger partial charge in [0, 0.05) is 17.0 Å². The van der Waals surface area contributed by atoms with Crippen LogP contribution in [0, 0.1) is 0 Å². The van der Waals surface area contributed by atoms with Crippen molar-refractivity contribution in [2.24, 2.45) is 0 Å². The summed E-state index contributed by atoms with van der Waals surface area (Å²) in [5.41, 5.74) is -0.253. The molecule has 0 aromatic heterocycles. The molecule has 132 valence electrons. The van der Waals surface area contributed by atoms with E-state index in [1.807, 2.05) is 0 Å². The number of carboxylic acids is 1. The lowest BCUT2D eigenvalue weighted by Crippen LogP contribution is -2.48. The first-order valence-corrected chi connectivity index (χ1v) is 8.45. The van der Waals surface area contributed by atoms with Gasteiger partial charge in [0.1, 0.15) is 6.04 Å². The second-order valence-electron chi connectivity index (χ2n) is 5.56. The molecule has 3 N–H and O–H groups in total. The van der Waals surface area contributed by atoms with E-state index in [2.05, 4.69) is 10.6 Å². The number of nitrogens with one attached hydrogen (secondary N) is 2. The van der Waals surface area contributed by atoms with Crippen molar-refractivity contribution in [3.05, 3.63) is 65.7 Å². The average molecular weight is 368 g/mol. The van der Waals surface area contributed by atoms with E-state index in [9.17, 15) is 23.1 Å². The van der Waals surface area contributed by atoms with Crippen LogP contribution in [0.2, 0.25) is 0 Å². The second kappa shape index (κ2) is 6.61. The summed E-state index contributed by atoms with van der Waals surface area (Å²) >= 11 is 1.22. The van der Waals surface area contributed by atoms with Gasteiger partial charge in [-0.3, -0.25) is 10.1 Å².